The van der Waals surface area contributed by atoms with Gasteiger partial charge in [0.2, 0.25) is 5.91 Å². The van der Waals surface area contributed by atoms with Crippen molar-refractivity contribution < 1.29 is 38.8 Å². The summed E-state index contributed by atoms with van der Waals surface area (Å²) in [6, 6.07) is 20.7. The average molecular weight is 716 g/mol. The predicted octanol–water partition coefficient (Wildman–Crippen LogP) is 4.16. The summed E-state index contributed by atoms with van der Waals surface area (Å²) in [7, 11) is 0.729. The van der Waals surface area contributed by atoms with Crippen molar-refractivity contribution in [1.82, 2.24) is 4.90 Å². The van der Waals surface area contributed by atoms with E-state index in [2.05, 4.69) is 37.5 Å². The normalized spacial score (nSPS) is 24.9. The Bertz CT molecular complexity index is 1780. The Balaban J connectivity index is 1.42. The van der Waals surface area contributed by atoms with Crippen LogP contribution in [0.2, 0.25) is 18.6 Å². The summed E-state index contributed by atoms with van der Waals surface area (Å²) < 4.78 is 18.3. The predicted molar refractivity (Wildman–Crippen MR) is 197 cm³/mol. The zero-order valence-corrected chi connectivity index (χ0v) is 31.2. The molecular formula is C39H49N3O8Si. The maximum absolute atomic E-state index is 15.2. The van der Waals surface area contributed by atoms with E-state index in [4.69, 9.17) is 14.2 Å². The van der Waals surface area contributed by atoms with Gasteiger partial charge in [-0.3, -0.25) is 14.4 Å². The molecule has 0 aromatic heterocycles. The van der Waals surface area contributed by atoms with E-state index < -0.39 is 31.8 Å². The number of ether oxygens (including phenoxy) is 3. The summed E-state index contributed by atoms with van der Waals surface area (Å²) in [5, 5.41) is 23.6. The molecular weight excluding hydrogens is 667 g/mol. The van der Waals surface area contributed by atoms with Crippen LogP contribution >= 0.6 is 0 Å². The molecule has 3 aliphatic heterocycles. The molecule has 12 heteroatoms. The van der Waals surface area contributed by atoms with Crippen LogP contribution in [0.15, 0.2) is 66.7 Å². The summed E-state index contributed by atoms with van der Waals surface area (Å²) >= 11 is 0. The van der Waals surface area contributed by atoms with Crippen LogP contribution in [-0.2, 0) is 31.3 Å². The fraction of sp³-hybridized carbons (Fsp3) is 0.462. The van der Waals surface area contributed by atoms with Gasteiger partial charge in [-0.15, -0.1) is 0 Å². The van der Waals surface area contributed by atoms with Crippen LogP contribution in [-0.4, -0.2) is 86.5 Å². The van der Waals surface area contributed by atoms with Crippen molar-refractivity contribution in [3.8, 4) is 11.5 Å². The van der Waals surface area contributed by atoms with Gasteiger partial charge in [0.1, 0.15) is 17.6 Å². The summed E-state index contributed by atoms with van der Waals surface area (Å²) in [5.41, 5.74) is 1.14. The summed E-state index contributed by atoms with van der Waals surface area (Å²) in [6.45, 7) is 8.74. The second-order valence-electron chi connectivity index (χ2n) is 14.6. The van der Waals surface area contributed by atoms with E-state index in [-0.39, 0.29) is 48.9 Å². The minimum Gasteiger partial charge on any atom is -0.497 e. The standard InChI is InChI=1S/C39H49N3O8Si/c1-24-36(51(5,6)31-15-12-29(48-3)13-16-31)34(21-35(45)41-18-8-11-28(41)23-43)50-39(24)32-20-30(49-4)14-17-33(32)42(38(39)47)22-26-9-7-10-27(19-26)40-37(46)25(2)44/h7,9-10,12-17,19-20,24-25,28,34,36,43-44H,8,11,18,21-23H2,1-6H3,(H,40,46)/t24-,25+,28+,34+,36-,39+/m1/s1. The smallest absolute Gasteiger partial charge is 0.264 e. The van der Waals surface area contributed by atoms with E-state index in [0.29, 0.717) is 29.2 Å². The first-order chi connectivity index (χ1) is 24.3. The Hall–Kier alpha value is -4.23. The number of carbonyl (C=O) groups is 3. The molecule has 2 saturated heterocycles. The minimum absolute atomic E-state index is 0.0745. The third kappa shape index (κ3) is 6.54. The van der Waals surface area contributed by atoms with Gasteiger partial charge < -0.3 is 39.5 Å². The van der Waals surface area contributed by atoms with Gasteiger partial charge in [-0.2, -0.15) is 0 Å². The van der Waals surface area contributed by atoms with Crippen LogP contribution in [0, 0.1) is 5.92 Å². The highest BCUT2D eigenvalue weighted by Gasteiger charge is 2.66. The lowest BCUT2D eigenvalue weighted by molar-refractivity contribution is -0.150. The largest absolute Gasteiger partial charge is 0.497 e. The topological polar surface area (TPSA) is 138 Å². The average Bonchev–Trinajstić information content (AvgIpc) is 3.78. The third-order valence-electron chi connectivity index (χ3n) is 11.2. The first-order valence-corrected chi connectivity index (χ1v) is 20.7. The number of fused-ring (bicyclic) bond motifs is 2. The van der Waals surface area contributed by atoms with Crippen molar-refractivity contribution in [3.05, 3.63) is 77.9 Å². The fourth-order valence-corrected chi connectivity index (χ4v) is 12.6. The molecule has 0 unspecified atom stereocenters. The molecule has 0 radical (unpaired) electrons. The van der Waals surface area contributed by atoms with E-state index in [9.17, 15) is 19.8 Å². The number of nitrogens with zero attached hydrogens (tertiary/aromatic N) is 2. The quantitative estimate of drug-likeness (QED) is 0.252. The number of likely N-dealkylation sites (tertiary alicyclic amines) is 1. The Labute approximate surface area is 300 Å². The molecule has 6 rings (SSSR count). The van der Waals surface area contributed by atoms with Gasteiger partial charge in [0.05, 0.1) is 59.7 Å². The number of anilines is 2. The summed E-state index contributed by atoms with van der Waals surface area (Å²) in [6.07, 6.45) is -0.0535. The molecule has 0 aliphatic carbocycles. The van der Waals surface area contributed by atoms with Gasteiger partial charge in [0.15, 0.2) is 5.60 Å². The Morgan fingerprint density at radius 2 is 1.76 bits per heavy atom. The summed E-state index contributed by atoms with van der Waals surface area (Å²) in [4.78, 5) is 44.9. The molecule has 11 nitrogen and oxygen atoms in total. The number of aliphatic hydroxyl groups is 2. The number of aliphatic hydroxyl groups excluding tert-OH is 2. The van der Waals surface area contributed by atoms with Crippen LogP contribution in [0.4, 0.5) is 11.4 Å². The molecule has 2 fully saturated rings. The molecule has 3 heterocycles. The van der Waals surface area contributed by atoms with E-state index in [1.807, 2.05) is 36.4 Å². The van der Waals surface area contributed by atoms with Gasteiger partial charge in [0.25, 0.3) is 11.8 Å². The first-order valence-electron chi connectivity index (χ1n) is 17.7. The number of methoxy groups -OCH3 is 2. The van der Waals surface area contributed by atoms with Crippen molar-refractivity contribution in [2.24, 2.45) is 5.92 Å². The number of hydrogen-bond donors (Lipinski definition) is 3. The second kappa shape index (κ2) is 14.4. The first kappa shape index (κ1) is 36.6. The lowest BCUT2D eigenvalue weighted by Crippen LogP contribution is -2.52. The molecule has 3 N–H and O–H groups in total. The Morgan fingerprint density at radius 1 is 1.06 bits per heavy atom. The Kier molecular flexibility index (Phi) is 10.3. The maximum Gasteiger partial charge on any atom is 0.264 e. The lowest BCUT2D eigenvalue weighted by Gasteiger charge is -2.37. The molecule has 1 spiro atoms. The molecule has 0 saturated carbocycles. The van der Waals surface area contributed by atoms with Crippen LogP contribution in [0.25, 0.3) is 0 Å². The van der Waals surface area contributed by atoms with E-state index in [1.165, 1.54) is 6.92 Å². The van der Waals surface area contributed by atoms with E-state index >= 15 is 4.79 Å². The highest BCUT2D eigenvalue weighted by atomic mass is 28.3. The molecule has 3 amide bonds. The van der Waals surface area contributed by atoms with Crippen LogP contribution < -0.4 is 24.9 Å². The Morgan fingerprint density at radius 3 is 2.43 bits per heavy atom. The van der Waals surface area contributed by atoms with Crippen molar-refractivity contribution in [2.75, 3.05) is 37.6 Å². The highest BCUT2D eigenvalue weighted by Crippen LogP contribution is 2.60. The number of rotatable bonds is 11. The number of carbonyl (C=O) groups excluding carboxylic acids is 3. The molecule has 0 bridgehead atoms. The highest BCUT2D eigenvalue weighted by molar-refractivity contribution is 6.91. The van der Waals surface area contributed by atoms with Crippen molar-refractivity contribution in [3.63, 3.8) is 0 Å². The maximum atomic E-state index is 15.2. The molecule has 6 atom stereocenters. The molecule has 3 aromatic carbocycles. The van der Waals surface area contributed by atoms with Gasteiger partial charge >= 0.3 is 0 Å². The molecule has 3 aliphatic rings. The number of benzene rings is 3. The molecule has 51 heavy (non-hydrogen) atoms. The van der Waals surface area contributed by atoms with Crippen molar-refractivity contribution in [1.29, 1.82) is 0 Å². The van der Waals surface area contributed by atoms with Gasteiger partial charge in [-0.05, 0) is 73.3 Å². The van der Waals surface area contributed by atoms with Crippen molar-refractivity contribution in [2.45, 2.75) is 82.1 Å². The fourth-order valence-electron chi connectivity index (χ4n) is 8.60. The van der Waals surface area contributed by atoms with Crippen LogP contribution in [0.5, 0.6) is 11.5 Å². The van der Waals surface area contributed by atoms with Gasteiger partial charge in [0, 0.05) is 23.7 Å². The lowest BCUT2D eigenvalue weighted by atomic mass is 9.82. The zero-order chi connectivity index (χ0) is 36.7. The number of amides is 3. The number of nitrogens with one attached hydrogen (secondary N) is 1. The van der Waals surface area contributed by atoms with Crippen LogP contribution in [0.3, 0.4) is 0 Å². The molecule has 3 aromatic rings. The van der Waals surface area contributed by atoms with E-state index in [0.717, 1.165) is 29.3 Å². The monoisotopic (exact) mass is 715 g/mol. The SMILES string of the molecule is COc1ccc([Si](C)(C)[C@H]2[C@H](CC(=O)N3CCC[C@H]3CO)O[C@@]3(C(=O)N(Cc4cccc(NC(=O)[C@H](C)O)c4)c4ccc(OC)cc43)[C@@H]2C)cc1. The summed E-state index contributed by atoms with van der Waals surface area (Å²) in [5.74, 6) is 0.200. The third-order valence-corrected chi connectivity index (χ3v) is 15.6. The molecule has 272 valence electrons. The minimum atomic E-state index is -2.50. The second-order valence-corrected chi connectivity index (χ2v) is 19.3. The van der Waals surface area contributed by atoms with Gasteiger partial charge in [-0.25, -0.2) is 0 Å². The number of hydrogen-bond acceptors (Lipinski definition) is 8. The van der Waals surface area contributed by atoms with Crippen molar-refractivity contribution >= 4 is 42.4 Å². The van der Waals surface area contributed by atoms with Gasteiger partial charge in [-0.1, -0.05) is 49.5 Å². The zero-order valence-electron chi connectivity index (χ0n) is 30.2. The van der Waals surface area contributed by atoms with E-state index in [1.54, 1.807) is 42.2 Å². The van der Waals surface area contributed by atoms with Crippen LogP contribution in [0.1, 0.15) is 44.2 Å².